The summed E-state index contributed by atoms with van der Waals surface area (Å²) < 4.78 is 0. The highest BCUT2D eigenvalue weighted by atomic mass is 16.4. The van der Waals surface area contributed by atoms with Crippen molar-refractivity contribution in [3.8, 4) is 0 Å². The van der Waals surface area contributed by atoms with Crippen LogP contribution >= 0.6 is 0 Å². The van der Waals surface area contributed by atoms with Crippen molar-refractivity contribution < 1.29 is 14.7 Å². The number of hydrogen-bond donors (Lipinski definition) is 1. The number of carboxylic acids is 1. The van der Waals surface area contributed by atoms with Crippen molar-refractivity contribution in [1.29, 1.82) is 0 Å². The van der Waals surface area contributed by atoms with Gasteiger partial charge in [-0.25, -0.2) is 0 Å². The fourth-order valence-corrected chi connectivity index (χ4v) is 3.04. The van der Waals surface area contributed by atoms with E-state index in [0.29, 0.717) is 12.1 Å². The number of rotatable bonds is 2. The van der Waals surface area contributed by atoms with Gasteiger partial charge in [-0.3, -0.25) is 14.6 Å². The van der Waals surface area contributed by atoms with Crippen molar-refractivity contribution in [1.82, 2.24) is 9.88 Å². The first-order chi connectivity index (χ1) is 8.68. The molecule has 3 aliphatic rings. The monoisotopic (exact) mass is 246 g/mol. The van der Waals surface area contributed by atoms with Gasteiger partial charge in [0, 0.05) is 18.3 Å². The van der Waals surface area contributed by atoms with Crippen molar-refractivity contribution in [2.24, 2.45) is 5.92 Å². The summed E-state index contributed by atoms with van der Waals surface area (Å²) in [5.74, 6) is -1.34. The number of carboxylic acid groups (broad SMARTS) is 1. The highest BCUT2D eigenvalue weighted by Gasteiger charge is 2.52. The lowest BCUT2D eigenvalue weighted by Gasteiger charge is -2.55. The van der Waals surface area contributed by atoms with E-state index in [0.717, 1.165) is 12.8 Å². The van der Waals surface area contributed by atoms with Crippen LogP contribution < -0.4 is 0 Å². The van der Waals surface area contributed by atoms with E-state index in [9.17, 15) is 9.59 Å². The van der Waals surface area contributed by atoms with Crippen molar-refractivity contribution in [2.45, 2.75) is 31.3 Å². The highest BCUT2D eigenvalue weighted by Crippen LogP contribution is 2.42. The van der Waals surface area contributed by atoms with Crippen LogP contribution in [0.4, 0.5) is 0 Å². The molecule has 0 radical (unpaired) electrons. The maximum Gasteiger partial charge on any atom is 0.308 e. The number of carbonyl (C=O) groups is 2. The molecule has 3 atom stereocenters. The van der Waals surface area contributed by atoms with E-state index in [-0.39, 0.29) is 18.0 Å². The van der Waals surface area contributed by atoms with E-state index in [4.69, 9.17) is 5.11 Å². The van der Waals surface area contributed by atoms with Gasteiger partial charge in [-0.1, -0.05) is 6.07 Å². The van der Waals surface area contributed by atoms with Crippen LogP contribution in [0.15, 0.2) is 24.4 Å². The largest absolute Gasteiger partial charge is 0.481 e. The summed E-state index contributed by atoms with van der Waals surface area (Å²) in [6.07, 6.45) is 3.86. The molecule has 0 spiro atoms. The molecule has 0 aromatic carbocycles. The lowest BCUT2D eigenvalue weighted by atomic mass is 9.72. The number of amides is 1. The first kappa shape index (κ1) is 11.2. The Bertz CT molecular complexity index is 486. The summed E-state index contributed by atoms with van der Waals surface area (Å²) >= 11 is 0. The predicted octanol–water partition coefficient (Wildman–Crippen LogP) is 1.16. The number of carbonyl (C=O) groups excluding carboxylic acids is 1. The topological polar surface area (TPSA) is 70.5 Å². The quantitative estimate of drug-likeness (QED) is 0.850. The number of aromatic nitrogens is 1. The summed E-state index contributed by atoms with van der Waals surface area (Å²) in [4.78, 5) is 29.2. The Morgan fingerprint density at radius 3 is 2.78 bits per heavy atom. The zero-order chi connectivity index (χ0) is 12.7. The molecule has 5 nitrogen and oxygen atoms in total. The lowest BCUT2D eigenvalue weighted by Crippen LogP contribution is -2.65. The van der Waals surface area contributed by atoms with Crippen molar-refractivity contribution >= 4 is 11.9 Å². The second-order valence-electron chi connectivity index (χ2n) is 4.91. The molecule has 1 aliphatic carbocycles. The molecule has 2 aliphatic heterocycles. The van der Waals surface area contributed by atoms with Crippen LogP contribution in [0.3, 0.4) is 0 Å². The number of aliphatic carboxylic acids is 1. The van der Waals surface area contributed by atoms with Gasteiger partial charge in [0.05, 0.1) is 5.92 Å². The Labute approximate surface area is 104 Å². The summed E-state index contributed by atoms with van der Waals surface area (Å²) in [5.41, 5.74) is 0.401. The predicted molar refractivity (Wildman–Crippen MR) is 63.0 cm³/mol. The van der Waals surface area contributed by atoms with Crippen LogP contribution in [0.2, 0.25) is 0 Å². The van der Waals surface area contributed by atoms with Gasteiger partial charge < -0.3 is 10.0 Å². The first-order valence-electron chi connectivity index (χ1n) is 6.15. The second-order valence-corrected chi connectivity index (χ2v) is 4.91. The Morgan fingerprint density at radius 2 is 2.17 bits per heavy atom. The minimum absolute atomic E-state index is 0.136. The second kappa shape index (κ2) is 4.08. The van der Waals surface area contributed by atoms with E-state index >= 15 is 0 Å². The maximum atomic E-state index is 12.3. The molecular weight excluding hydrogens is 232 g/mol. The third-order valence-corrected chi connectivity index (χ3v) is 3.98. The molecule has 2 saturated heterocycles. The van der Waals surface area contributed by atoms with Gasteiger partial charge in [-0.05, 0) is 31.4 Å². The summed E-state index contributed by atoms with van der Waals surface area (Å²) in [6.45, 7) is 0. The van der Waals surface area contributed by atoms with Crippen molar-refractivity contribution in [2.75, 3.05) is 0 Å². The number of fused-ring (bicyclic) bond motifs is 2. The minimum atomic E-state index is -0.794. The zero-order valence-electron chi connectivity index (χ0n) is 9.82. The molecule has 5 heteroatoms. The zero-order valence-corrected chi connectivity index (χ0v) is 9.82. The van der Waals surface area contributed by atoms with Gasteiger partial charge in [-0.2, -0.15) is 0 Å². The molecule has 18 heavy (non-hydrogen) atoms. The van der Waals surface area contributed by atoms with E-state index in [1.807, 2.05) is 0 Å². The molecule has 3 heterocycles. The van der Waals surface area contributed by atoms with Crippen LogP contribution in [0.25, 0.3) is 0 Å². The van der Waals surface area contributed by atoms with Crippen LogP contribution in [0.5, 0.6) is 0 Å². The fraction of sp³-hybridized carbons (Fsp3) is 0.462. The van der Waals surface area contributed by atoms with Gasteiger partial charge >= 0.3 is 5.97 Å². The Morgan fingerprint density at radius 1 is 1.33 bits per heavy atom. The summed E-state index contributed by atoms with van der Waals surface area (Å²) in [7, 11) is 0. The van der Waals surface area contributed by atoms with Gasteiger partial charge in [-0.15, -0.1) is 0 Å². The van der Waals surface area contributed by atoms with Crippen molar-refractivity contribution in [3.63, 3.8) is 0 Å². The average Bonchev–Trinajstić information content (AvgIpc) is 2.39. The number of nitrogens with zero attached hydrogens (tertiary/aromatic N) is 2. The number of pyridine rings is 1. The van der Waals surface area contributed by atoms with Crippen LogP contribution in [0, 0.1) is 5.92 Å². The molecular formula is C13H14N2O3. The fourth-order valence-electron chi connectivity index (χ4n) is 3.04. The van der Waals surface area contributed by atoms with E-state index < -0.39 is 11.9 Å². The van der Waals surface area contributed by atoms with Crippen LogP contribution in [-0.4, -0.2) is 39.0 Å². The Balaban J connectivity index is 1.82. The third kappa shape index (κ3) is 1.58. The SMILES string of the molecule is O=C(O)C1CCC2CC1N2C(=O)c1ccccn1. The lowest BCUT2D eigenvalue weighted by molar-refractivity contribution is -0.151. The van der Waals surface area contributed by atoms with Crippen molar-refractivity contribution in [3.05, 3.63) is 30.1 Å². The van der Waals surface area contributed by atoms with Gasteiger partial charge in [0.15, 0.2) is 0 Å². The maximum absolute atomic E-state index is 12.3. The van der Waals surface area contributed by atoms with Gasteiger partial charge in [0.25, 0.3) is 5.91 Å². The molecule has 1 aromatic rings. The highest BCUT2D eigenvalue weighted by molar-refractivity contribution is 5.94. The smallest absolute Gasteiger partial charge is 0.308 e. The molecule has 4 rings (SSSR count). The molecule has 1 saturated carbocycles. The Hall–Kier alpha value is -1.91. The van der Waals surface area contributed by atoms with E-state index in [1.54, 1.807) is 29.3 Å². The molecule has 1 amide bonds. The minimum Gasteiger partial charge on any atom is -0.481 e. The third-order valence-electron chi connectivity index (χ3n) is 3.98. The average molecular weight is 246 g/mol. The summed E-state index contributed by atoms with van der Waals surface area (Å²) in [5, 5.41) is 9.15. The standard InChI is InChI=1S/C13H14N2O3/c16-12(10-3-1-2-6-14-10)15-8-4-5-9(13(17)18)11(15)7-8/h1-3,6,8-9,11H,4-5,7H2,(H,17,18). The molecule has 94 valence electrons. The summed E-state index contributed by atoms with van der Waals surface area (Å²) in [6, 6.07) is 5.26. The van der Waals surface area contributed by atoms with E-state index in [2.05, 4.69) is 4.98 Å². The Kier molecular flexibility index (Phi) is 2.54. The molecule has 1 aromatic heterocycles. The first-order valence-corrected chi connectivity index (χ1v) is 6.15. The van der Waals surface area contributed by atoms with Crippen LogP contribution in [-0.2, 0) is 4.79 Å². The molecule has 3 fully saturated rings. The van der Waals surface area contributed by atoms with Crippen LogP contribution in [0.1, 0.15) is 29.8 Å². The molecule has 1 N–H and O–H groups in total. The number of piperidine rings is 1. The van der Waals surface area contributed by atoms with E-state index in [1.165, 1.54) is 0 Å². The van der Waals surface area contributed by atoms with Gasteiger partial charge in [0.1, 0.15) is 5.69 Å². The molecule has 3 unspecified atom stereocenters. The van der Waals surface area contributed by atoms with Gasteiger partial charge in [0.2, 0.25) is 0 Å². The number of hydrogen-bond acceptors (Lipinski definition) is 3. The molecule has 2 bridgehead atoms. The normalized spacial score (nSPS) is 29.6.